The molecule has 0 spiro atoms. The van der Waals surface area contributed by atoms with E-state index in [1.807, 2.05) is 6.92 Å². The first kappa shape index (κ1) is 12.1. The summed E-state index contributed by atoms with van der Waals surface area (Å²) in [5, 5.41) is 0. The first-order chi connectivity index (χ1) is 6.63. The summed E-state index contributed by atoms with van der Waals surface area (Å²) in [7, 11) is 1.71. The summed E-state index contributed by atoms with van der Waals surface area (Å²) in [5.41, 5.74) is 3.16. The quantitative estimate of drug-likeness (QED) is 0.407. The van der Waals surface area contributed by atoms with E-state index in [1.165, 1.54) is 29.6 Å². The molecule has 0 saturated carbocycles. The SMILES string of the molecule is COC(C)SOC1CCC(C)=C(C)C1. The zero-order valence-electron chi connectivity index (χ0n) is 9.50. The van der Waals surface area contributed by atoms with Crippen molar-refractivity contribution in [2.45, 2.75) is 51.6 Å². The normalized spacial score (nSPS) is 25.3. The van der Waals surface area contributed by atoms with Crippen molar-refractivity contribution in [2.75, 3.05) is 7.11 Å². The van der Waals surface area contributed by atoms with Crippen LogP contribution in [0, 0.1) is 0 Å². The van der Waals surface area contributed by atoms with Crippen molar-refractivity contribution in [3.8, 4) is 0 Å². The second-order valence-electron chi connectivity index (χ2n) is 3.92. The number of allylic oxidation sites excluding steroid dienone is 1. The summed E-state index contributed by atoms with van der Waals surface area (Å²) in [4.78, 5) is 0. The highest BCUT2D eigenvalue weighted by Crippen LogP contribution is 2.29. The Kier molecular flexibility index (Phi) is 4.99. The van der Waals surface area contributed by atoms with E-state index in [1.54, 1.807) is 7.11 Å². The topological polar surface area (TPSA) is 18.5 Å². The molecule has 0 heterocycles. The maximum atomic E-state index is 5.71. The van der Waals surface area contributed by atoms with Crippen LogP contribution in [0.4, 0.5) is 0 Å². The summed E-state index contributed by atoms with van der Waals surface area (Å²) >= 11 is 1.44. The number of ether oxygens (including phenoxy) is 1. The zero-order chi connectivity index (χ0) is 10.6. The van der Waals surface area contributed by atoms with E-state index in [9.17, 15) is 0 Å². The fraction of sp³-hybridized carbons (Fsp3) is 0.818. The molecule has 1 aliphatic rings. The van der Waals surface area contributed by atoms with Gasteiger partial charge in [0.2, 0.25) is 0 Å². The van der Waals surface area contributed by atoms with Crippen LogP contribution >= 0.6 is 12.0 Å². The molecular formula is C11H20O2S. The van der Waals surface area contributed by atoms with Crippen LogP contribution < -0.4 is 0 Å². The van der Waals surface area contributed by atoms with Gasteiger partial charge in [0.25, 0.3) is 0 Å². The van der Waals surface area contributed by atoms with Gasteiger partial charge in [-0.05, 0) is 40.0 Å². The third-order valence-corrected chi connectivity index (χ3v) is 3.61. The molecule has 3 heteroatoms. The lowest BCUT2D eigenvalue weighted by molar-refractivity contribution is 0.162. The van der Waals surface area contributed by atoms with Crippen molar-refractivity contribution < 1.29 is 8.92 Å². The average molecular weight is 216 g/mol. The smallest absolute Gasteiger partial charge is 0.125 e. The molecule has 2 unspecified atom stereocenters. The molecule has 0 bridgehead atoms. The van der Waals surface area contributed by atoms with E-state index in [-0.39, 0.29) is 5.44 Å². The van der Waals surface area contributed by atoms with Gasteiger partial charge in [-0.15, -0.1) is 0 Å². The molecule has 1 rings (SSSR count). The lowest BCUT2D eigenvalue weighted by Gasteiger charge is -2.24. The molecule has 0 saturated heterocycles. The summed E-state index contributed by atoms with van der Waals surface area (Å²) in [6.45, 7) is 6.42. The molecular weight excluding hydrogens is 196 g/mol. The predicted octanol–water partition coefficient (Wildman–Crippen LogP) is 3.53. The van der Waals surface area contributed by atoms with Gasteiger partial charge in [0.1, 0.15) is 5.44 Å². The molecule has 14 heavy (non-hydrogen) atoms. The highest BCUT2D eigenvalue weighted by molar-refractivity contribution is 7.95. The van der Waals surface area contributed by atoms with Gasteiger partial charge in [-0.3, -0.25) is 0 Å². The van der Waals surface area contributed by atoms with Crippen LogP contribution in [-0.2, 0) is 8.92 Å². The average Bonchev–Trinajstić information content (AvgIpc) is 2.19. The second-order valence-corrected chi connectivity index (χ2v) is 4.97. The highest BCUT2D eigenvalue weighted by atomic mass is 32.2. The van der Waals surface area contributed by atoms with Crippen LogP contribution in [0.15, 0.2) is 11.1 Å². The summed E-state index contributed by atoms with van der Waals surface area (Å²) in [6, 6.07) is 0. The molecule has 0 aromatic rings. The van der Waals surface area contributed by atoms with Crippen LogP contribution in [0.3, 0.4) is 0 Å². The van der Waals surface area contributed by atoms with Crippen LogP contribution in [0.1, 0.15) is 40.0 Å². The van der Waals surface area contributed by atoms with Crippen molar-refractivity contribution >= 4 is 12.0 Å². The first-order valence-corrected chi connectivity index (χ1v) is 5.94. The number of hydrogen-bond donors (Lipinski definition) is 0. The Hall–Kier alpha value is 0.0100. The Balaban J connectivity index is 2.28. The van der Waals surface area contributed by atoms with Gasteiger partial charge in [-0.2, -0.15) is 0 Å². The minimum Gasteiger partial charge on any atom is -0.369 e. The number of rotatable bonds is 4. The van der Waals surface area contributed by atoms with E-state index in [2.05, 4.69) is 13.8 Å². The van der Waals surface area contributed by atoms with Crippen LogP contribution in [0.25, 0.3) is 0 Å². The van der Waals surface area contributed by atoms with E-state index < -0.39 is 0 Å². The van der Waals surface area contributed by atoms with Crippen molar-refractivity contribution in [1.29, 1.82) is 0 Å². The van der Waals surface area contributed by atoms with Crippen LogP contribution in [-0.4, -0.2) is 18.6 Å². The monoisotopic (exact) mass is 216 g/mol. The van der Waals surface area contributed by atoms with Gasteiger partial charge in [-0.25, -0.2) is 0 Å². The Morgan fingerprint density at radius 1 is 1.36 bits per heavy atom. The van der Waals surface area contributed by atoms with Crippen molar-refractivity contribution in [3.63, 3.8) is 0 Å². The fourth-order valence-corrected chi connectivity index (χ4v) is 2.04. The molecule has 0 aliphatic heterocycles. The molecule has 0 aromatic carbocycles. The zero-order valence-corrected chi connectivity index (χ0v) is 10.3. The minimum atomic E-state index is 0.127. The van der Waals surface area contributed by atoms with Gasteiger partial charge in [0.15, 0.2) is 0 Å². The maximum Gasteiger partial charge on any atom is 0.125 e. The van der Waals surface area contributed by atoms with Gasteiger partial charge in [-0.1, -0.05) is 11.1 Å². The molecule has 2 nitrogen and oxygen atoms in total. The summed E-state index contributed by atoms with van der Waals surface area (Å²) < 4.78 is 10.8. The Morgan fingerprint density at radius 3 is 2.64 bits per heavy atom. The van der Waals surface area contributed by atoms with E-state index in [4.69, 9.17) is 8.92 Å². The molecule has 1 aliphatic carbocycles. The van der Waals surface area contributed by atoms with Gasteiger partial charge >= 0.3 is 0 Å². The minimum absolute atomic E-state index is 0.127. The molecule has 2 atom stereocenters. The Bertz CT molecular complexity index is 213. The van der Waals surface area contributed by atoms with Crippen molar-refractivity contribution in [2.24, 2.45) is 0 Å². The third-order valence-electron chi connectivity index (χ3n) is 2.76. The lowest BCUT2D eigenvalue weighted by Crippen LogP contribution is -2.16. The van der Waals surface area contributed by atoms with Gasteiger partial charge in [0.05, 0.1) is 6.10 Å². The summed E-state index contributed by atoms with van der Waals surface area (Å²) in [5.74, 6) is 0. The molecule has 0 aromatic heterocycles. The molecule has 0 fully saturated rings. The van der Waals surface area contributed by atoms with E-state index >= 15 is 0 Å². The Morgan fingerprint density at radius 2 is 2.07 bits per heavy atom. The first-order valence-electron chi connectivity index (χ1n) is 5.13. The maximum absolute atomic E-state index is 5.71. The van der Waals surface area contributed by atoms with Crippen molar-refractivity contribution in [1.82, 2.24) is 0 Å². The van der Waals surface area contributed by atoms with Crippen LogP contribution in [0.2, 0.25) is 0 Å². The standard InChI is InChI=1S/C11H20O2S/c1-8-5-6-11(7-9(8)2)13-14-10(3)12-4/h10-11H,5-7H2,1-4H3. The highest BCUT2D eigenvalue weighted by Gasteiger charge is 2.18. The number of methoxy groups -OCH3 is 1. The predicted molar refractivity (Wildman–Crippen MR) is 61.2 cm³/mol. The van der Waals surface area contributed by atoms with Crippen LogP contribution in [0.5, 0.6) is 0 Å². The second kappa shape index (κ2) is 5.79. The lowest BCUT2D eigenvalue weighted by atomic mass is 9.92. The largest absolute Gasteiger partial charge is 0.369 e. The molecule has 0 N–H and O–H groups in total. The summed E-state index contributed by atoms with van der Waals surface area (Å²) in [6.07, 6.45) is 3.78. The van der Waals surface area contributed by atoms with E-state index in [0.29, 0.717) is 6.10 Å². The third kappa shape index (κ3) is 3.64. The van der Waals surface area contributed by atoms with Crippen molar-refractivity contribution in [3.05, 3.63) is 11.1 Å². The molecule has 0 amide bonds. The van der Waals surface area contributed by atoms with Gasteiger partial charge < -0.3 is 8.92 Å². The van der Waals surface area contributed by atoms with Gasteiger partial charge in [0, 0.05) is 19.2 Å². The fourth-order valence-electron chi connectivity index (χ4n) is 1.49. The van der Waals surface area contributed by atoms with E-state index in [0.717, 1.165) is 12.8 Å². The number of hydrogen-bond acceptors (Lipinski definition) is 3. The molecule has 82 valence electrons. The Labute approximate surface area is 91.3 Å². The molecule has 0 radical (unpaired) electrons.